The molecule has 7 heteroatoms. The van der Waals surface area contributed by atoms with Gasteiger partial charge in [-0.2, -0.15) is 0 Å². The van der Waals surface area contributed by atoms with Crippen LogP contribution in [-0.4, -0.2) is 49.3 Å². The van der Waals surface area contributed by atoms with E-state index < -0.39 is 40.4 Å². The van der Waals surface area contributed by atoms with E-state index in [1.165, 1.54) is 25.2 Å². The zero-order chi connectivity index (χ0) is 25.0. The second kappa shape index (κ2) is 7.00. The quantitative estimate of drug-likeness (QED) is 0.592. The van der Waals surface area contributed by atoms with Crippen LogP contribution in [0.4, 0.5) is 0 Å². The molecule has 0 spiro atoms. The van der Waals surface area contributed by atoms with Crippen LogP contribution in [-0.2, 0) is 35.0 Å². The van der Waals surface area contributed by atoms with Crippen molar-refractivity contribution in [3.05, 3.63) is 29.3 Å². The maximum atomic E-state index is 13.8. The third kappa shape index (κ3) is 2.45. The Hall–Kier alpha value is -2.12. The van der Waals surface area contributed by atoms with Gasteiger partial charge in [0.2, 0.25) is 5.60 Å². The van der Waals surface area contributed by atoms with E-state index in [0.29, 0.717) is 12.3 Å². The minimum Gasteiger partial charge on any atom is -0.497 e. The number of benzene rings is 1. The monoisotopic (exact) mass is 484 g/mol. The highest BCUT2D eigenvalue weighted by Gasteiger charge is 2.94. The molecule has 0 N–H and O–H groups in total. The second-order valence-electron chi connectivity index (χ2n) is 11.9. The summed E-state index contributed by atoms with van der Waals surface area (Å²) in [6.45, 7) is 7.32. The highest BCUT2D eigenvalue weighted by atomic mass is 16.8. The van der Waals surface area contributed by atoms with Crippen molar-refractivity contribution < 1.29 is 33.3 Å². The number of methoxy groups -OCH3 is 2. The van der Waals surface area contributed by atoms with E-state index in [4.69, 9.17) is 23.7 Å². The van der Waals surface area contributed by atoms with Crippen molar-refractivity contribution in [1.82, 2.24) is 0 Å². The van der Waals surface area contributed by atoms with Crippen LogP contribution in [0.2, 0.25) is 0 Å². The molecule has 0 unspecified atom stereocenters. The fourth-order valence-corrected chi connectivity index (χ4v) is 9.53. The number of fused-ring (bicyclic) bond motifs is 5. The van der Waals surface area contributed by atoms with E-state index in [0.717, 1.165) is 37.9 Å². The SMILES string of the molecule is COC(=O)[C@]12OC(C)(C)O[C@H]1[C@]13CC[C@@]2(OC(C)=O)[C@@]1(C)CC[C@@H]1c2ccc(OC)cc2CC[C@H]13. The van der Waals surface area contributed by atoms with Crippen LogP contribution >= 0.6 is 0 Å². The summed E-state index contributed by atoms with van der Waals surface area (Å²) >= 11 is 0. The zero-order valence-corrected chi connectivity index (χ0v) is 21.6. The van der Waals surface area contributed by atoms with Crippen LogP contribution in [0.15, 0.2) is 18.2 Å². The predicted octanol–water partition coefficient (Wildman–Crippen LogP) is 4.30. The van der Waals surface area contributed by atoms with Gasteiger partial charge in [0, 0.05) is 17.8 Å². The van der Waals surface area contributed by atoms with Gasteiger partial charge in [-0.25, -0.2) is 4.79 Å². The number of rotatable bonds is 3. The molecule has 0 aromatic heterocycles. The summed E-state index contributed by atoms with van der Waals surface area (Å²) < 4.78 is 30.5. The molecule has 0 amide bonds. The summed E-state index contributed by atoms with van der Waals surface area (Å²) in [6.07, 6.45) is 4.53. The fraction of sp³-hybridized carbons (Fsp3) is 0.714. The zero-order valence-electron chi connectivity index (χ0n) is 21.6. The highest BCUT2D eigenvalue weighted by Crippen LogP contribution is 2.83. The van der Waals surface area contributed by atoms with E-state index >= 15 is 0 Å². The Balaban J connectivity index is 1.57. The first-order valence-electron chi connectivity index (χ1n) is 12.8. The predicted molar refractivity (Wildman–Crippen MR) is 126 cm³/mol. The molecular weight excluding hydrogens is 448 g/mol. The van der Waals surface area contributed by atoms with E-state index in [9.17, 15) is 9.59 Å². The summed E-state index contributed by atoms with van der Waals surface area (Å²) in [6, 6.07) is 6.44. The fourth-order valence-electron chi connectivity index (χ4n) is 9.53. The third-order valence-corrected chi connectivity index (χ3v) is 10.4. The summed E-state index contributed by atoms with van der Waals surface area (Å²) in [5.74, 6) is -0.407. The lowest BCUT2D eigenvalue weighted by molar-refractivity contribution is -0.258. The molecule has 3 saturated carbocycles. The van der Waals surface area contributed by atoms with Crippen molar-refractivity contribution in [2.24, 2.45) is 16.7 Å². The molecule has 4 aliphatic carbocycles. The minimum absolute atomic E-state index is 0.272. The van der Waals surface area contributed by atoms with Crippen LogP contribution in [0, 0.1) is 16.7 Å². The first-order chi connectivity index (χ1) is 16.5. The molecule has 1 saturated heterocycles. The van der Waals surface area contributed by atoms with Crippen molar-refractivity contribution >= 4 is 11.9 Å². The summed E-state index contributed by atoms with van der Waals surface area (Å²) in [4.78, 5) is 26.4. The molecule has 6 rings (SSSR count). The number of hydrogen-bond donors (Lipinski definition) is 0. The molecule has 7 atom stereocenters. The number of hydrogen-bond acceptors (Lipinski definition) is 7. The molecule has 1 aliphatic heterocycles. The van der Waals surface area contributed by atoms with E-state index in [-0.39, 0.29) is 11.3 Å². The molecule has 1 aromatic rings. The minimum atomic E-state index is -1.49. The van der Waals surface area contributed by atoms with E-state index in [1.807, 2.05) is 13.8 Å². The average molecular weight is 485 g/mol. The summed E-state index contributed by atoms with van der Waals surface area (Å²) in [7, 11) is 3.09. The van der Waals surface area contributed by atoms with Crippen LogP contribution < -0.4 is 4.74 Å². The molecule has 190 valence electrons. The van der Waals surface area contributed by atoms with Gasteiger partial charge in [-0.05, 0) is 87.5 Å². The van der Waals surface area contributed by atoms with E-state index in [2.05, 4.69) is 25.1 Å². The van der Waals surface area contributed by atoms with Crippen molar-refractivity contribution in [2.45, 2.75) is 95.2 Å². The lowest BCUT2D eigenvalue weighted by atomic mass is 9.47. The number of esters is 2. The second-order valence-corrected chi connectivity index (χ2v) is 11.9. The van der Waals surface area contributed by atoms with Crippen molar-refractivity contribution in [3.8, 4) is 5.75 Å². The van der Waals surface area contributed by atoms with Crippen LogP contribution in [0.3, 0.4) is 0 Å². The van der Waals surface area contributed by atoms with Gasteiger partial charge >= 0.3 is 11.9 Å². The Bertz CT molecular complexity index is 1110. The normalized spacial score (nSPS) is 44.0. The number of carbonyl (C=O) groups is 2. The van der Waals surface area contributed by atoms with Gasteiger partial charge in [-0.3, -0.25) is 4.79 Å². The average Bonchev–Trinajstić information content (AvgIpc) is 3.32. The van der Waals surface area contributed by atoms with Crippen molar-refractivity contribution in [2.75, 3.05) is 14.2 Å². The Kier molecular flexibility index (Phi) is 4.66. The Morgan fingerprint density at radius 1 is 1.06 bits per heavy atom. The lowest BCUT2D eigenvalue weighted by Gasteiger charge is -2.57. The molecule has 7 nitrogen and oxygen atoms in total. The van der Waals surface area contributed by atoms with E-state index in [1.54, 1.807) is 7.11 Å². The number of carbonyl (C=O) groups excluding carboxylic acids is 2. The van der Waals surface area contributed by atoms with Gasteiger partial charge in [0.1, 0.15) is 11.9 Å². The van der Waals surface area contributed by atoms with Gasteiger partial charge in [0.25, 0.3) is 0 Å². The van der Waals surface area contributed by atoms with Crippen molar-refractivity contribution in [3.63, 3.8) is 0 Å². The standard InChI is InChI=1S/C28H36O7/c1-16(29)33-27-14-13-26(22-28(27,23(30)32-6)35-24(2,3)34-22)21-10-7-17-15-18(31-5)8-9-19(17)20(21)11-12-25(26,27)4/h8-9,15,20-22H,7,10-14H2,1-6H3/t20-,21-,22+,25+,26-,27-,28-/m1/s1. The molecule has 0 radical (unpaired) electrons. The summed E-state index contributed by atoms with van der Waals surface area (Å²) in [5, 5.41) is 0. The highest BCUT2D eigenvalue weighted by molar-refractivity contribution is 5.86. The van der Waals surface area contributed by atoms with Gasteiger partial charge in [-0.15, -0.1) is 0 Å². The molecule has 5 aliphatic rings. The van der Waals surface area contributed by atoms with Gasteiger partial charge in [-0.1, -0.05) is 13.0 Å². The van der Waals surface area contributed by atoms with Gasteiger partial charge < -0.3 is 23.7 Å². The van der Waals surface area contributed by atoms with Crippen LogP contribution in [0.1, 0.15) is 76.8 Å². The van der Waals surface area contributed by atoms with Gasteiger partial charge in [0.15, 0.2) is 11.4 Å². The Morgan fingerprint density at radius 2 is 1.83 bits per heavy atom. The molecule has 1 aromatic carbocycles. The first kappa shape index (κ1) is 23.3. The third-order valence-electron chi connectivity index (χ3n) is 10.4. The molecule has 4 fully saturated rings. The van der Waals surface area contributed by atoms with Gasteiger partial charge in [0.05, 0.1) is 14.2 Å². The number of aryl methyl sites for hydroxylation is 1. The van der Waals surface area contributed by atoms with Crippen LogP contribution in [0.5, 0.6) is 5.75 Å². The maximum absolute atomic E-state index is 13.8. The maximum Gasteiger partial charge on any atom is 0.345 e. The Labute approximate surface area is 206 Å². The molecule has 35 heavy (non-hydrogen) atoms. The first-order valence-corrected chi connectivity index (χ1v) is 12.8. The molecule has 1 heterocycles. The summed E-state index contributed by atoms with van der Waals surface area (Å²) in [5.41, 5.74) is -0.772. The topological polar surface area (TPSA) is 80.3 Å². The smallest absolute Gasteiger partial charge is 0.345 e. The van der Waals surface area contributed by atoms with Crippen molar-refractivity contribution in [1.29, 1.82) is 0 Å². The molecule has 2 bridgehead atoms. The molecular formula is C28H36O7. The largest absolute Gasteiger partial charge is 0.497 e. The lowest BCUT2D eigenvalue weighted by Crippen LogP contribution is -2.66. The van der Waals surface area contributed by atoms with Crippen LogP contribution in [0.25, 0.3) is 0 Å². The number of ether oxygens (including phenoxy) is 5. The Morgan fingerprint density at radius 3 is 2.51 bits per heavy atom.